The van der Waals surface area contributed by atoms with Gasteiger partial charge in [0.1, 0.15) is 18.6 Å². The number of rotatable bonds is 16. The molecule has 11 heteroatoms. The van der Waals surface area contributed by atoms with E-state index in [2.05, 4.69) is 16.0 Å². The fourth-order valence-corrected chi connectivity index (χ4v) is 2.74. The second kappa shape index (κ2) is 15.6. The number of nitrogens with two attached hydrogens (primary N) is 3. The van der Waals surface area contributed by atoms with Gasteiger partial charge in [0.15, 0.2) is 0 Å². The molecule has 174 valence electrons. The normalized spacial score (nSPS) is 13.9. The fraction of sp³-hybridized carbons (Fsp3) is 0.789. The van der Waals surface area contributed by atoms with E-state index in [0.717, 1.165) is 6.42 Å². The average Bonchev–Trinajstić information content (AvgIpc) is 2.68. The number of carboxylic acids is 1. The molecule has 3 atom stereocenters. The maximum Gasteiger partial charge on any atom is 0.322 e. The van der Waals surface area contributed by atoms with Gasteiger partial charge in [-0.1, -0.05) is 20.3 Å². The maximum absolute atomic E-state index is 12.8. The predicted molar refractivity (Wildman–Crippen MR) is 113 cm³/mol. The van der Waals surface area contributed by atoms with Crippen LogP contribution in [0, 0.1) is 5.92 Å². The van der Waals surface area contributed by atoms with Gasteiger partial charge in [0.05, 0.1) is 6.04 Å². The first-order chi connectivity index (χ1) is 14.1. The molecule has 0 bridgehead atoms. The summed E-state index contributed by atoms with van der Waals surface area (Å²) in [6.45, 7) is 3.86. The first-order valence-corrected chi connectivity index (χ1v) is 10.4. The van der Waals surface area contributed by atoms with Gasteiger partial charge in [0.25, 0.3) is 0 Å². The quantitative estimate of drug-likeness (QED) is 0.142. The van der Waals surface area contributed by atoms with Crippen molar-refractivity contribution < 1.29 is 24.3 Å². The Morgan fingerprint density at radius 1 is 0.833 bits per heavy atom. The van der Waals surface area contributed by atoms with Crippen LogP contribution in [0.5, 0.6) is 0 Å². The zero-order chi connectivity index (χ0) is 23.1. The molecule has 0 spiro atoms. The Hall–Kier alpha value is -2.24. The van der Waals surface area contributed by atoms with Gasteiger partial charge in [-0.05, 0) is 51.1 Å². The number of nitrogens with one attached hydrogen (secondary N) is 3. The van der Waals surface area contributed by atoms with Gasteiger partial charge < -0.3 is 38.3 Å². The van der Waals surface area contributed by atoms with Crippen molar-refractivity contribution in [3.05, 3.63) is 0 Å². The minimum Gasteiger partial charge on any atom is -0.480 e. The van der Waals surface area contributed by atoms with Crippen molar-refractivity contribution in [2.45, 2.75) is 70.5 Å². The lowest BCUT2D eigenvalue weighted by Gasteiger charge is -2.26. The Bertz CT molecular complexity index is 558. The molecule has 0 heterocycles. The van der Waals surface area contributed by atoms with E-state index in [1.807, 2.05) is 0 Å². The predicted octanol–water partition coefficient (Wildman–Crippen LogP) is -1.60. The Kier molecular flexibility index (Phi) is 14.4. The highest BCUT2D eigenvalue weighted by Crippen LogP contribution is 2.07. The number of aliphatic carboxylic acids is 1. The van der Waals surface area contributed by atoms with E-state index in [1.54, 1.807) is 13.8 Å². The van der Waals surface area contributed by atoms with E-state index in [1.165, 1.54) is 0 Å². The minimum atomic E-state index is -1.19. The van der Waals surface area contributed by atoms with Crippen molar-refractivity contribution >= 4 is 23.7 Å². The van der Waals surface area contributed by atoms with E-state index in [0.29, 0.717) is 45.2 Å². The number of carbonyl (C=O) groups excluding carboxylic acids is 3. The third kappa shape index (κ3) is 11.7. The Balaban J connectivity index is 5.09. The molecule has 0 fully saturated rings. The van der Waals surface area contributed by atoms with Crippen LogP contribution in [0.2, 0.25) is 0 Å². The molecule has 0 aliphatic heterocycles. The smallest absolute Gasteiger partial charge is 0.322 e. The molecule has 3 amide bonds. The van der Waals surface area contributed by atoms with E-state index >= 15 is 0 Å². The molecule has 30 heavy (non-hydrogen) atoms. The molecule has 10 N–H and O–H groups in total. The number of hydrogen-bond donors (Lipinski definition) is 7. The molecular weight excluding hydrogens is 392 g/mol. The van der Waals surface area contributed by atoms with E-state index < -0.39 is 48.4 Å². The van der Waals surface area contributed by atoms with E-state index in [4.69, 9.17) is 22.3 Å². The van der Waals surface area contributed by atoms with Gasteiger partial charge in [0, 0.05) is 0 Å². The van der Waals surface area contributed by atoms with Crippen LogP contribution in [0.15, 0.2) is 0 Å². The van der Waals surface area contributed by atoms with E-state index in [-0.39, 0.29) is 5.92 Å². The van der Waals surface area contributed by atoms with Crippen LogP contribution in [-0.2, 0) is 19.2 Å². The highest BCUT2D eigenvalue weighted by molar-refractivity contribution is 5.93. The molecule has 3 unspecified atom stereocenters. The molecule has 0 aromatic heterocycles. The summed E-state index contributed by atoms with van der Waals surface area (Å²) in [4.78, 5) is 48.1. The summed E-state index contributed by atoms with van der Waals surface area (Å²) >= 11 is 0. The fourth-order valence-electron chi connectivity index (χ4n) is 2.74. The van der Waals surface area contributed by atoms with Gasteiger partial charge >= 0.3 is 5.97 Å². The summed E-state index contributed by atoms with van der Waals surface area (Å²) in [6.07, 6.45) is 3.53. The summed E-state index contributed by atoms with van der Waals surface area (Å²) in [6, 6.07) is -2.58. The van der Waals surface area contributed by atoms with Crippen LogP contribution >= 0.6 is 0 Å². The van der Waals surface area contributed by atoms with Crippen molar-refractivity contribution in [2.24, 2.45) is 23.1 Å². The molecule has 0 aliphatic carbocycles. The summed E-state index contributed by atoms with van der Waals surface area (Å²) in [7, 11) is 0. The second-order valence-electron chi connectivity index (χ2n) is 7.58. The van der Waals surface area contributed by atoms with Crippen molar-refractivity contribution in [1.29, 1.82) is 0 Å². The van der Waals surface area contributed by atoms with Crippen LogP contribution in [0.4, 0.5) is 0 Å². The standard InChI is InChI=1S/C19H38N6O5/c1-12(2)16(19(30)23-11-15(26)27)25-18(29)14(8-4-6-10-21)24-17(28)13(22)7-3-5-9-20/h12-14,16H,3-11,20-22H2,1-2H3,(H,23,30)(H,24,28)(H,25,29)(H,26,27). The molecule has 0 aromatic rings. The lowest BCUT2D eigenvalue weighted by atomic mass is 10.0. The number of carboxylic acid groups (broad SMARTS) is 1. The molecule has 0 saturated heterocycles. The number of hydrogen-bond acceptors (Lipinski definition) is 7. The molecule has 11 nitrogen and oxygen atoms in total. The van der Waals surface area contributed by atoms with Gasteiger partial charge in [-0.15, -0.1) is 0 Å². The van der Waals surface area contributed by atoms with Crippen LogP contribution in [0.3, 0.4) is 0 Å². The monoisotopic (exact) mass is 430 g/mol. The molecule has 0 radical (unpaired) electrons. The number of unbranched alkanes of at least 4 members (excludes halogenated alkanes) is 2. The lowest BCUT2D eigenvalue weighted by Crippen LogP contribution is -2.57. The number of amides is 3. The minimum absolute atomic E-state index is 0.290. The molecule has 0 saturated carbocycles. The average molecular weight is 431 g/mol. The molecule has 0 aliphatic rings. The summed E-state index contributed by atoms with van der Waals surface area (Å²) in [5, 5.41) is 16.3. The third-order valence-corrected chi connectivity index (χ3v) is 4.55. The topological polar surface area (TPSA) is 203 Å². The molecular formula is C19H38N6O5. The highest BCUT2D eigenvalue weighted by atomic mass is 16.4. The van der Waals surface area contributed by atoms with Crippen molar-refractivity contribution in [1.82, 2.24) is 16.0 Å². The van der Waals surface area contributed by atoms with Crippen LogP contribution in [-0.4, -0.2) is 66.6 Å². The lowest BCUT2D eigenvalue weighted by molar-refractivity contribution is -0.139. The van der Waals surface area contributed by atoms with Gasteiger partial charge in [0.2, 0.25) is 17.7 Å². The first-order valence-electron chi connectivity index (χ1n) is 10.4. The molecule has 0 aromatic carbocycles. The van der Waals surface area contributed by atoms with Crippen molar-refractivity contribution in [3.63, 3.8) is 0 Å². The maximum atomic E-state index is 12.8. The highest BCUT2D eigenvalue weighted by Gasteiger charge is 2.29. The SMILES string of the molecule is CC(C)C(NC(=O)C(CCCCN)NC(=O)C(N)CCCCN)C(=O)NCC(=O)O. The third-order valence-electron chi connectivity index (χ3n) is 4.55. The second-order valence-corrected chi connectivity index (χ2v) is 7.58. The van der Waals surface area contributed by atoms with Crippen molar-refractivity contribution in [2.75, 3.05) is 19.6 Å². The largest absolute Gasteiger partial charge is 0.480 e. The zero-order valence-corrected chi connectivity index (χ0v) is 18.0. The zero-order valence-electron chi connectivity index (χ0n) is 18.0. The first kappa shape index (κ1) is 27.8. The Morgan fingerprint density at radius 2 is 1.40 bits per heavy atom. The molecule has 0 rings (SSSR count). The van der Waals surface area contributed by atoms with Gasteiger partial charge in [-0.3, -0.25) is 19.2 Å². The van der Waals surface area contributed by atoms with Crippen LogP contribution < -0.4 is 33.2 Å². The Labute approximate surface area is 177 Å². The summed E-state index contributed by atoms with van der Waals surface area (Å²) in [5.41, 5.74) is 16.9. The van der Waals surface area contributed by atoms with Crippen molar-refractivity contribution in [3.8, 4) is 0 Å². The summed E-state index contributed by atoms with van der Waals surface area (Å²) < 4.78 is 0. The van der Waals surface area contributed by atoms with E-state index in [9.17, 15) is 19.2 Å². The van der Waals surface area contributed by atoms with Crippen LogP contribution in [0.25, 0.3) is 0 Å². The Morgan fingerprint density at radius 3 is 1.90 bits per heavy atom. The van der Waals surface area contributed by atoms with Crippen LogP contribution in [0.1, 0.15) is 52.4 Å². The van der Waals surface area contributed by atoms with Gasteiger partial charge in [-0.2, -0.15) is 0 Å². The number of carbonyl (C=O) groups is 4. The summed E-state index contributed by atoms with van der Waals surface area (Å²) in [5.74, 6) is -3.06. The van der Waals surface area contributed by atoms with Gasteiger partial charge in [-0.25, -0.2) is 0 Å².